The van der Waals surface area contributed by atoms with Crippen LogP contribution in [0.25, 0.3) is 11.0 Å². The lowest BCUT2D eigenvalue weighted by molar-refractivity contribution is 0.0483. The van der Waals surface area contributed by atoms with Crippen LogP contribution < -0.4 is 10.1 Å². The molecule has 1 amide bonds. The van der Waals surface area contributed by atoms with Gasteiger partial charge in [-0.2, -0.15) is 0 Å². The molecular formula is C33H29FN4O3. The third-order valence-electron chi connectivity index (χ3n) is 8.05. The minimum atomic E-state index is -0.787. The van der Waals surface area contributed by atoms with Crippen LogP contribution in [0.15, 0.2) is 91.0 Å². The zero-order valence-corrected chi connectivity index (χ0v) is 22.5. The van der Waals surface area contributed by atoms with E-state index in [0.29, 0.717) is 28.6 Å². The molecule has 1 fully saturated rings. The highest BCUT2D eigenvalue weighted by atomic mass is 19.1. The number of nitrogens with one attached hydrogen (secondary N) is 2. The first kappa shape index (κ1) is 25.4. The maximum atomic E-state index is 15.0. The Hall–Kier alpha value is -4.53. The third-order valence-corrected chi connectivity index (χ3v) is 8.05. The minimum absolute atomic E-state index is 0.0272. The topological polar surface area (TPSA) is 79.5 Å². The van der Waals surface area contributed by atoms with Gasteiger partial charge in [-0.15, -0.1) is 0 Å². The van der Waals surface area contributed by atoms with Gasteiger partial charge in [0.25, 0.3) is 5.91 Å². The summed E-state index contributed by atoms with van der Waals surface area (Å²) in [4.78, 5) is 24.5. The monoisotopic (exact) mass is 548 g/mol. The second kappa shape index (κ2) is 10.5. The summed E-state index contributed by atoms with van der Waals surface area (Å²) in [5.74, 6) is 0.820. The number of aromatic nitrogens is 2. The van der Waals surface area contributed by atoms with Crippen molar-refractivity contribution in [3.05, 3.63) is 130 Å². The van der Waals surface area contributed by atoms with Gasteiger partial charge in [0.1, 0.15) is 23.4 Å². The molecule has 41 heavy (non-hydrogen) atoms. The van der Waals surface area contributed by atoms with E-state index < -0.39 is 17.9 Å². The maximum Gasteiger partial charge on any atom is 0.255 e. The standard InChI is InChI=1S/C33H29FN4O3/c1-40-19-41-29-15-14-23(34)16-26(29)31(32-36-27-8-4-5-9-28(27)37-32)38-30(24-6-2-3-7-25(24)33(38)39)21-12-10-20(11-13-21)22-17-35-18-22/h2-16,22,30-31,35H,17-19H2,1H3,(H,36,37). The number of aromatic amines is 1. The first-order valence-electron chi connectivity index (χ1n) is 13.7. The number of amides is 1. The van der Waals surface area contributed by atoms with Gasteiger partial charge in [0.15, 0.2) is 6.79 Å². The van der Waals surface area contributed by atoms with Gasteiger partial charge >= 0.3 is 0 Å². The number of ether oxygens (including phenoxy) is 2. The second-order valence-corrected chi connectivity index (χ2v) is 10.5. The van der Waals surface area contributed by atoms with E-state index in [1.807, 2.05) is 48.5 Å². The zero-order valence-electron chi connectivity index (χ0n) is 22.5. The van der Waals surface area contributed by atoms with Crippen molar-refractivity contribution in [3.63, 3.8) is 0 Å². The van der Waals surface area contributed by atoms with Gasteiger partial charge in [-0.25, -0.2) is 9.37 Å². The molecule has 7 rings (SSSR count). The quantitative estimate of drug-likeness (QED) is 0.243. The van der Waals surface area contributed by atoms with Crippen molar-refractivity contribution in [1.82, 2.24) is 20.2 Å². The van der Waals surface area contributed by atoms with Gasteiger partial charge in [-0.1, -0.05) is 54.6 Å². The van der Waals surface area contributed by atoms with Gasteiger partial charge in [0.2, 0.25) is 0 Å². The fourth-order valence-electron chi connectivity index (χ4n) is 5.94. The molecule has 0 spiro atoms. The van der Waals surface area contributed by atoms with Crippen molar-refractivity contribution in [1.29, 1.82) is 0 Å². The molecule has 5 aromatic rings. The Labute approximate surface area is 236 Å². The number of nitrogens with zero attached hydrogens (tertiary/aromatic N) is 2. The molecule has 1 saturated heterocycles. The van der Waals surface area contributed by atoms with Gasteiger partial charge < -0.3 is 24.7 Å². The molecule has 0 aliphatic carbocycles. The van der Waals surface area contributed by atoms with Gasteiger partial charge in [0, 0.05) is 37.2 Å². The number of hydrogen-bond donors (Lipinski definition) is 2. The van der Waals surface area contributed by atoms with E-state index in [-0.39, 0.29) is 12.7 Å². The first-order valence-corrected chi connectivity index (χ1v) is 13.7. The van der Waals surface area contributed by atoms with Crippen LogP contribution >= 0.6 is 0 Å². The van der Waals surface area contributed by atoms with Crippen molar-refractivity contribution < 1.29 is 18.7 Å². The molecule has 0 bridgehead atoms. The number of para-hydroxylation sites is 2. The molecule has 2 unspecified atom stereocenters. The minimum Gasteiger partial charge on any atom is -0.467 e. The van der Waals surface area contributed by atoms with E-state index in [0.717, 1.165) is 35.2 Å². The Kier molecular flexibility index (Phi) is 6.49. The third kappa shape index (κ3) is 4.45. The SMILES string of the molecule is COCOc1ccc(F)cc1C(c1nc2ccccc2[nH]1)N1C(=O)c2ccccc2C1c1ccc(C2CNC2)cc1. The maximum absolute atomic E-state index is 15.0. The van der Waals surface area contributed by atoms with Gasteiger partial charge in [0.05, 0.1) is 17.1 Å². The predicted octanol–water partition coefficient (Wildman–Crippen LogP) is 5.71. The molecule has 206 valence electrons. The van der Waals surface area contributed by atoms with Crippen LogP contribution in [0, 0.1) is 5.82 Å². The average molecular weight is 549 g/mol. The zero-order chi connectivity index (χ0) is 27.9. The molecule has 8 heteroatoms. The number of halogens is 1. The Morgan fingerprint density at radius 3 is 2.49 bits per heavy atom. The molecule has 2 atom stereocenters. The summed E-state index contributed by atoms with van der Waals surface area (Å²) in [7, 11) is 1.53. The predicted molar refractivity (Wildman–Crippen MR) is 153 cm³/mol. The first-order chi connectivity index (χ1) is 20.1. The van der Waals surface area contributed by atoms with Crippen LogP contribution in [-0.2, 0) is 4.74 Å². The van der Waals surface area contributed by atoms with Crippen molar-refractivity contribution in [3.8, 4) is 5.75 Å². The Morgan fingerprint density at radius 2 is 1.73 bits per heavy atom. The molecule has 2 aliphatic heterocycles. The van der Waals surface area contributed by atoms with Crippen molar-refractivity contribution in [2.45, 2.75) is 18.0 Å². The van der Waals surface area contributed by atoms with E-state index in [2.05, 4.69) is 34.6 Å². The fraction of sp³-hybridized carbons (Fsp3) is 0.212. The van der Waals surface area contributed by atoms with E-state index in [1.54, 1.807) is 11.0 Å². The summed E-state index contributed by atoms with van der Waals surface area (Å²) in [5, 5.41) is 3.33. The Bertz CT molecular complexity index is 1700. The summed E-state index contributed by atoms with van der Waals surface area (Å²) in [6.45, 7) is 1.91. The number of rotatable bonds is 8. The van der Waals surface area contributed by atoms with Crippen LogP contribution in [-0.4, -0.2) is 47.8 Å². The van der Waals surface area contributed by atoms with Gasteiger partial charge in [-0.05, 0) is 53.1 Å². The van der Waals surface area contributed by atoms with E-state index in [1.165, 1.54) is 24.8 Å². The Morgan fingerprint density at radius 1 is 0.976 bits per heavy atom. The molecule has 4 aromatic carbocycles. The number of fused-ring (bicyclic) bond motifs is 2. The molecule has 2 N–H and O–H groups in total. The summed E-state index contributed by atoms with van der Waals surface area (Å²) in [6, 6.07) is 27.0. The molecular weight excluding hydrogens is 519 g/mol. The van der Waals surface area contributed by atoms with Crippen LogP contribution in [0.4, 0.5) is 4.39 Å². The van der Waals surface area contributed by atoms with Crippen molar-refractivity contribution in [2.75, 3.05) is 27.0 Å². The summed E-state index contributed by atoms with van der Waals surface area (Å²) in [5.41, 5.74) is 5.80. The molecule has 3 heterocycles. The number of benzene rings is 4. The van der Waals surface area contributed by atoms with Crippen LogP contribution in [0.3, 0.4) is 0 Å². The second-order valence-electron chi connectivity index (χ2n) is 10.5. The number of carbonyl (C=O) groups excluding carboxylic acids is 1. The lowest BCUT2D eigenvalue weighted by atomic mass is 9.90. The number of H-pyrrole nitrogens is 1. The van der Waals surface area contributed by atoms with E-state index >= 15 is 0 Å². The number of carbonyl (C=O) groups is 1. The fourth-order valence-corrected chi connectivity index (χ4v) is 5.94. The number of imidazole rings is 1. The molecule has 0 radical (unpaired) electrons. The number of hydrogen-bond acceptors (Lipinski definition) is 5. The lowest BCUT2D eigenvalue weighted by Gasteiger charge is -2.34. The number of methoxy groups -OCH3 is 1. The van der Waals surface area contributed by atoms with Crippen LogP contribution in [0.2, 0.25) is 0 Å². The largest absolute Gasteiger partial charge is 0.467 e. The summed E-state index contributed by atoms with van der Waals surface area (Å²) < 4.78 is 26.0. The summed E-state index contributed by atoms with van der Waals surface area (Å²) >= 11 is 0. The highest BCUT2D eigenvalue weighted by Gasteiger charge is 2.44. The normalized spacial score (nSPS) is 17.5. The molecule has 1 aromatic heterocycles. The molecule has 0 saturated carbocycles. The highest BCUT2D eigenvalue weighted by molar-refractivity contribution is 6.00. The molecule has 7 nitrogen and oxygen atoms in total. The van der Waals surface area contributed by atoms with E-state index in [4.69, 9.17) is 14.5 Å². The van der Waals surface area contributed by atoms with Crippen molar-refractivity contribution >= 4 is 16.9 Å². The van der Waals surface area contributed by atoms with E-state index in [9.17, 15) is 9.18 Å². The Balaban J connectivity index is 1.43. The van der Waals surface area contributed by atoms with Crippen LogP contribution in [0.1, 0.15) is 56.4 Å². The average Bonchev–Trinajstić information content (AvgIpc) is 3.52. The summed E-state index contributed by atoms with van der Waals surface area (Å²) in [6.07, 6.45) is 0. The highest BCUT2D eigenvalue weighted by Crippen LogP contribution is 2.47. The van der Waals surface area contributed by atoms with Crippen molar-refractivity contribution in [2.24, 2.45) is 0 Å². The lowest BCUT2D eigenvalue weighted by Crippen LogP contribution is -2.39. The molecule has 2 aliphatic rings. The van der Waals surface area contributed by atoms with Gasteiger partial charge in [-0.3, -0.25) is 4.79 Å². The van der Waals surface area contributed by atoms with Crippen LogP contribution in [0.5, 0.6) is 5.75 Å². The smallest absolute Gasteiger partial charge is 0.255 e.